The lowest BCUT2D eigenvalue weighted by molar-refractivity contribution is -0.141. The molecule has 0 saturated heterocycles. The number of nitrogens with zero attached hydrogens (tertiary/aromatic N) is 1. The van der Waals surface area contributed by atoms with Gasteiger partial charge < -0.3 is 10.0 Å². The summed E-state index contributed by atoms with van der Waals surface area (Å²) in [4.78, 5) is 23.6. The predicted molar refractivity (Wildman–Crippen MR) is 51.7 cm³/mol. The van der Waals surface area contributed by atoms with Crippen molar-refractivity contribution in [2.45, 2.75) is 13.3 Å². The Morgan fingerprint density at radius 3 is 2.43 bits per heavy atom. The minimum absolute atomic E-state index is 0.0830. The molecular formula is C10H15NO3. The van der Waals surface area contributed by atoms with Crippen molar-refractivity contribution in [1.29, 1.82) is 0 Å². The average molecular weight is 197 g/mol. The molecule has 0 aliphatic heterocycles. The summed E-state index contributed by atoms with van der Waals surface area (Å²) in [6.45, 7) is 6.04. The second-order valence-corrected chi connectivity index (χ2v) is 3.94. The SMILES string of the molecule is C=C(C)CN(C)C(=O)[C@@H]1C[C@@H]1C(=O)O. The van der Waals surface area contributed by atoms with Crippen molar-refractivity contribution >= 4 is 11.9 Å². The maximum atomic E-state index is 11.6. The minimum Gasteiger partial charge on any atom is -0.481 e. The molecule has 4 nitrogen and oxygen atoms in total. The van der Waals surface area contributed by atoms with Crippen molar-refractivity contribution in [2.24, 2.45) is 11.8 Å². The molecule has 78 valence electrons. The molecule has 1 aliphatic rings. The molecule has 1 aliphatic carbocycles. The van der Waals surface area contributed by atoms with Crippen LogP contribution in [0.4, 0.5) is 0 Å². The third-order valence-electron chi connectivity index (χ3n) is 2.31. The standard InChI is InChI=1S/C10H15NO3/c1-6(2)5-11(3)9(12)7-4-8(7)10(13)14/h7-8H,1,4-5H2,2-3H3,(H,13,14)/t7-,8+/m1/s1. The van der Waals surface area contributed by atoms with Crippen LogP contribution in [0.5, 0.6) is 0 Å². The highest BCUT2D eigenvalue weighted by Crippen LogP contribution is 2.39. The fraction of sp³-hybridized carbons (Fsp3) is 0.600. The number of rotatable bonds is 4. The summed E-state index contributed by atoms with van der Waals surface area (Å²) < 4.78 is 0. The van der Waals surface area contributed by atoms with Gasteiger partial charge in [-0.25, -0.2) is 0 Å². The summed E-state index contributed by atoms with van der Waals surface area (Å²) in [5.74, 6) is -1.72. The van der Waals surface area contributed by atoms with Gasteiger partial charge in [0.1, 0.15) is 0 Å². The molecular weight excluding hydrogens is 182 g/mol. The molecule has 0 aromatic carbocycles. The molecule has 2 atom stereocenters. The molecule has 0 radical (unpaired) electrons. The Hall–Kier alpha value is -1.32. The fourth-order valence-corrected chi connectivity index (χ4v) is 1.51. The van der Waals surface area contributed by atoms with E-state index in [-0.39, 0.29) is 11.8 Å². The van der Waals surface area contributed by atoms with E-state index in [4.69, 9.17) is 5.11 Å². The molecule has 1 fully saturated rings. The van der Waals surface area contributed by atoms with Gasteiger partial charge in [-0.3, -0.25) is 9.59 Å². The average Bonchev–Trinajstić information content (AvgIpc) is 2.80. The number of aliphatic carboxylic acids is 1. The zero-order valence-electron chi connectivity index (χ0n) is 8.49. The molecule has 1 saturated carbocycles. The van der Waals surface area contributed by atoms with Gasteiger partial charge in [0.05, 0.1) is 11.8 Å². The topological polar surface area (TPSA) is 57.6 Å². The van der Waals surface area contributed by atoms with Gasteiger partial charge in [-0.2, -0.15) is 0 Å². The number of amides is 1. The molecule has 14 heavy (non-hydrogen) atoms. The van der Waals surface area contributed by atoms with Gasteiger partial charge in [-0.15, -0.1) is 0 Å². The van der Waals surface area contributed by atoms with Crippen LogP contribution in [0.15, 0.2) is 12.2 Å². The van der Waals surface area contributed by atoms with E-state index in [2.05, 4.69) is 6.58 Å². The molecule has 0 spiro atoms. The molecule has 0 unspecified atom stereocenters. The molecule has 0 bridgehead atoms. The van der Waals surface area contributed by atoms with E-state index in [1.54, 1.807) is 7.05 Å². The lowest BCUT2D eigenvalue weighted by Crippen LogP contribution is -2.30. The van der Waals surface area contributed by atoms with Crippen molar-refractivity contribution < 1.29 is 14.7 Å². The lowest BCUT2D eigenvalue weighted by atomic mass is 10.2. The first kappa shape index (κ1) is 10.8. The van der Waals surface area contributed by atoms with E-state index in [0.717, 1.165) is 5.57 Å². The largest absolute Gasteiger partial charge is 0.481 e. The smallest absolute Gasteiger partial charge is 0.307 e. The van der Waals surface area contributed by atoms with E-state index < -0.39 is 11.9 Å². The van der Waals surface area contributed by atoms with Gasteiger partial charge in [-0.1, -0.05) is 12.2 Å². The molecule has 4 heteroatoms. The monoisotopic (exact) mass is 197 g/mol. The van der Waals surface area contributed by atoms with Gasteiger partial charge in [0.2, 0.25) is 5.91 Å². The third-order valence-corrected chi connectivity index (χ3v) is 2.31. The highest BCUT2D eigenvalue weighted by Gasteiger charge is 2.49. The first-order valence-electron chi connectivity index (χ1n) is 4.55. The summed E-state index contributed by atoms with van der Waals surface area (Å²) in [7, 11) is 1.67. The van der Waals surface area contributed by atoms with Gasteiger partial charge >= 0.3 is 5.97 Å². The van der Waals surface area contributed by atoms with Gasteiger partial charge in [0.15, 0.2) is 0 Å². The summed E-state index contributed by atoms with van der Waals surface area (Å²) in [5.41, 5.74) is 0.897. The minimum atomic E-state index is -0.868. The summed E-state index contributed by atoms with van der Waals surface area (Å²) in [6.07, 6.45) is 0.481. The fourth-order valence-electron chi connectivity index (χ4n) is 1.51. The second-order valence-electron chi connectivity index (χ2n) is 3.94. The Morgan fingerprint density at radius 1 is 1.50 bits per heavy atom. The molecule has 0 heterocycles. The van der Waals surface area contributed by atoms with Crippen LogP contribution < -0.4 is 0 Å². The van der Waals surface area contributed by atoms with Crippen LogP contribution in [0, 0.1) is 11.8 Å². The Labute approximate surface area is 83.2 Å². The van der Waals surface area contributed by atoms with E-state index in [9.17, 15) is 9.59 Å². The Balaban J connectivity index is 2.44. The maximum Gasteiger partial charge on any atom is 0.307 e. The van der Waals surface area contributed by atoms with Crippen LogP contribution in [0.1, 0.15) is 13.3 Å². The normalized spacial score (nSPS) is 24.1. The summed E-state index contributed by atoms with van der Waals surface area (Å²) in [5, 5.41) is 8.65. The molecule has 0 aromatic heterocycles. The van der Waals surface area contributed by atoms with Crippen molar-refractivity contribution in [2.75, 3.05) is 13.6 Å². The van der Waals surface area contributed by atoms with Gasteiger partial charge in [-0.05, 0) is 13.3 Å². The molecule has 0 aromatic rings. The number of likely N-dealkylation sites (N-methyl/N-ethyl adjacent to an activating group) is 1. The van der Waals surface area contributed by atoms with Gasteiger partial charge in [0.25, 0.3) is 0 Å². The Bertz CT molecular complexity index is 281. The number of carboxylic acid groups (broad SMARTS) is 1. The van der Waals surface area contributed by atoms with E-state index >= 15 is 0 Å². The number of carbonyl (C=O) groups is 2. The highest BCUT2D eigenvalue weighted by molar-refractivity contribution is 5.89. The van der Waals surface area contributed by atoms with Crippen molar-refractivity contribution in [3.8, 4) is 0 Å². The van der Waals surface area contributed by atoms with Crippen molar-refractivity contribution in [3.63, 3.8) is 0 Å². The van der Waals surface area contributed by atoms with Crippen LogP contribution in [-0.2, 0) is 9.59 Å². The zero-order valence-corrected chi connectivity index (χ0v) is 8.49. The number of carboxylic acids is 1. The first-order valence-corrected chi connectivity index (χ1v) is 4.55. The Kier molecular flexibility index (Phi) is 2.93. The lowest BCUT2D eigenvalue weighted by Gasteiger charge is -2.16. The van der Waals surface area contributed by atoms with E-state index in [0.29, 0.717) is 13.0 Å². The van der Waals surface area contributed by atoms with Crippen LogP contribution in [0.25, 0.3) is 0 Å². The van der Waals surface area contributed by atoms with E-state index in [1.807, 2.05) is 6.92 Å². The molecule has 1 N–H and O–H groups in total. The Morgan fingerprint density at radius 2 is 2.07 bits per heavy atom. The van der Waals surface area contributed by atoms with Gasteiger partial charge in [0, 0.05) is 13.6 Å². The quantitative estimate of drug-likeness (QED) is 0.676. The van der Waals surface area contributed by atoms with Crippen LogP contribution in [0.3, 0.4) is 0 Å². The summed E-state index contributed by atoms with van der Waals surface area (Å²) >= 11 is 0. The summed E-state index contributed by atoms with van der Waals surface area (Å²) in [6, 6.07) is 0. The number of hydrogen-bond acceptors (Lipinski definition) is 2. The van der Waals surface area contributed by atoms with Crippen molar-refractivity contribution in [1.82, 2.24) is 4.90 Å². The maximum absolute atomic E-state index is 11.6. The zero-order chi connectivity index (χ0) is 10.9. The number of carbonyl (C=O) groups excluding carboxylic acids is 1. The predicted octanol–water partition coefficient (Wildman–Crippen LogP) is 0.742. The number of hydrogen-bond donors (Lipinski definition) is 1. The van der Waals surface area contributed by atoms with Crippen molar-refractivity contribution in [3.05, 3.63) is 12.2 Å². The molecule has 1 rings (SSSR count). The van der Waals surface area contributed by atoms with Crippen LogP contribution in [-0.4, -0.2) is 35.5 Å². The van der Waals surface area contributed by atoms with E-state index in [1.165, 1.54) is 4.90 Å². The highest BCUT2D eigenvalue weighted by atomic mass is 16.4. The third kappa shape index (κ3) is 2.34. The van der Waals surface area contributed by atoms with Crippen LogP contribution >= 0.6 is 0 Å². The molecule has 1 amide bonds. The second kappa shape index (κ2) is 3.82. The van der Waals surface area contributed by atoms with Crippen LogP contribution in [0.2, 0.25) is 0 Å². The first-order chi connectivity index (χ1) is 6.43.